The van der Waals surface area contributed by atoms with E-state index in [9.17, 15) is 19.5 Å². The van der Waals surface area contributed by atoms with Gasteiger partial charge in [0.25, 0.3) is 11.8 Å². The van der Waals surface area contributed by atoms with E-state index in [1.54, 1.807) is 6.08 Å². The van der Waals surface area contributed by atoms with Crippen molar-refractivity contribution in [3.63, 3.8) is 0 Å². The smallest absolute Gasteiger partial charge is 0.352 e. The van der Waals surface area contributed by atoms with Crippen molar-refractivity contribution >= 4 is 51.9 Å². The highest BCUT2D eigenvalue weighted by Crippen LogP contribution is 2.40. The number of nitrogens with two attached hydrogens (primary N) is 1. The molecule has 15 nitrogen and oxygen atoms in total. The molecule has 2 aliphatic heterocycles. The molecular formula is C20H24N9O6S2+. The van der Waals surface area contributed by atoms with Gasteiger partial charge in [0, 0.05) is 17.3 Å². The summed E-state index contributed by atoms with van der Waals surface area (Å²) in [5, 5.41) is 19.5. The van der Waals surface area contributed by atoms with Crippen LogP contribution in [0.4, 0.5) is 5.13 Å². The Morgan fingerprint density at radius 2 is 2.24 bits per heavy atom. The molecule has 0 radical (unpaired) electrons. The fourth-order valence-electron chi connectivity index (χ4n) is 3.78. The van der Waals surface area contributed by atoms with Crippen LogP contribution >= 0.6 is 23.3 Å². The van der Waals surface area contributed by atoms with Crippen LogP contribution in [0, 0.1) is 0 Å². The lowest BCUT2D eigenvalue weighted by molar-refractivity contribution is -0.898. The predicted octanol–water partition coefficient (Wildman–Crippen LogP) is -0.575. The molecule has 0 saturated carbocycles. The topological polar surface area (TPSA) is 199 Å². The molecule has 0 spiro atoms. The first kappa shape index (κ1) is 26.2. The number of rotatable bonds is 10. The standard InChI is InChI=1S/C20H23N9O6S2/c1-29(2,7-11-22-9-35-25-11)6-4-5-10-8-36-18-13(17(31)28(18)14(10)19(32)33)23-16(30)12(26-34-3)15-24-20(21)37-27-15/h4-5,9,13,18H,6-8H2,1-3H3,(H3-,21,23,24,27,30,32,33)/p+1/b5-4+,26-12-/t13-,18+/m1/s1. The number of carboxylic acids is 1. The number of oxime groups is 1. The summed E-state index contributed by atoms with van der Waals surface area (Å²) < 4.78 is 9.22. The lowest BCUT2D eigenvalue weighted by Crippen LogP contribution is -2.71. The molecule has 2 aliphatic rings. The molecule has 37 heavy (non-hydrogen) atoms. The van der Waals surface area contributed by atoms with Crippen LogP contribution < -0.4 is 11.1 Å². The third-order valence-electron chi connectivity index (χ3n) is 5.43. The molecule has 4 rings (SSSR count). The first-order valence-electron chi connectivity index (χ1n) is 10.8. The second-order valence-corrected chi connectivity index (χ2v) is 10.5. The molecule has 196 valence electrons. The number of anilines is 1. The van der Waals surface area contributed by atoms with Crippen molar-refractivity contribution in [2.24, 2.45) is 5.16 Å². The van der Waals surface area contributed by atoms with Gasteiger partial charge in [-0.2, -0.15) is 14.3 Å². The summed E-state index contributed by atoms with van der Waals surface area (Å²) in [6.07, 6.45) is 4.83. The number of likely N-dealkylation sites (N-methyl/N-ethyl adjacent to an activating group) is 1. The van der Waals surface area contributed by atoms with Gasteiger partial charge < -0.3 is 30.0 Å². The Balaban J connectivity index is 1.46. The zero-order valence-corrected chi connectivity index (χ0v) is 21.7. The van der Waals surface area contributed by atoms with Crippen LogP contribution in [0.1, 0.15) is 11.6 Å². The van der Waals surface area contributed by atoms with E-state index in [0.717, 1.165) is 11.5 Å². The Kier molecular flexibility index (Phi) is 7.55. The van der Waals surface area contributed by atoms with E-state index >= 15 is 0 Å². The number of nitrogens with one attached hydrogen (secondary N) is 1. The third-order valence-corrected chi connectivity index (χ3v) is 7.28. The van der Waals surface area contributed by atoms with Crippen molar-refractivity contribution in [3.8, 4) is 0 Å². The molecule has 0 bridgehead atoms. The number of quaternary nitrogens is 1. The number of carbonyl (C=O) groups excluding carboxylic acids is 2. The van der Waals surface area contributed by atoms with Crippen LogP contribution in [0.2, 0.25) is 0 Å². The average Bonchev–Trinajstić information content (AvgIpc) is 3.51. The van der Waals surface area contributed by atoms with Crippen molar-refractivity contribution < 1.29 is 33.3 Å². The maximum atomic E-state index is 13.0. The van der Waals surface area contributed by atoms with Gasteiger partial charge in [0.2, 0.25) is 23.8 Å². The lowest BCUT2D eigenvalue weighted by Gasteiger charge is -2.49. The summed E-state index contributed by atoms with van der Waals surface area (Å²) in [5.74, 6) is -1.67. The number of carbonyl (C=O) groups is 3. The van der Waals surface area contributed by atoms with Gasteiger partial charge in [0.05, 0.1) is 20.6 Å². The highest BCUT2D eigenvalue weighted by molar-refractivity contribution is 8.00. The largest absolute Gasteiger partial charge is 0.477 e. The summed E-state index contributed by atoms with van der Waals surface area (Å²) in [6, 6.07) is -0.957. The average molecular weight is 551 g/mol. The molecule has 2 aromatic rings. The molecule has 2 atom stereocenters. The van der Waals surface area contributed by atoms with Gasteiger partial charge in [0.15, 0.2) is 5.13 Å². The van der Waals surface area contributed by atoms with Crippen LogP contribution in [0.15, 0.2) is 39.5 Å². The van der Waals surface area contributed by atoms with Gasteiger partial charge in [0.1, 0.15) is 30.8 Å². The lowest BCUT2D eigenvalue weighted by atomic mass is 10.0. The number of hydrogen-bond donors (Lipinski definition) is 3. The Bertz CT molecular complexity index is 1290. The third kappa shape index (κ3) is 5.62. The molecule has 4 heterocycles. The molecule has 0 aromatic carbocycles. The highest BCUT2D eigenvalue weighted by atomic mass is 32.2. The van der Waals surface area contributed by atoms with Gasteiger partial charge in [-0.3, -0.25) is 14.5 Å². The van der Waals surface area contributed by atoms with E-state index in [2.05, 4.69) is 30.0 Å². The van der Waals surface area contributed by atoms with Gasteiger partial charge >= 0.3 is 5.97 Å². The number of nitrogen functional groups attached to an aromatic ring is 1. The minimum Gasteiger partial charge on any atom is -0.477 e. The number of thioether (sulfide) groups is 1. The zero-order valence-electron chi connectivity index (χ0n) is 20.0. The monoisotopic (exact) mass is 550 g/mol. The number of fused-ring (bicyclic) bond motifs is 1. The predicted molar refractivity (Wildman–Crippen MR) is 132 cm³/mol. The van der Waals surface area contributed by atoms with Crippen LogP contribution in [0.3, 0.4) is 0 Å². The maximum absolute atomic E-state index is 13.0. The molecule has 0 unspecified atom stereocenters. The minimum atomic E-state index is -1.23. The second-order valence-electron chi connectivity index (χ2n) is 8.64. The number of aromatic nitrogens is 4. The fraction of sp³-hybridized carbons (Fsp3) is 0.400. The number of carboxylic acid groups (broad SMARTS) is 1. The normalized spacial score (nSPS) is 20.1. The van der Waals surface area contributed by atoms with E-state index in [1.165, 1.54) is 30.2 Å². The van der Waals surface area contributed by atoms with E-state index in [1.807, 2.05) is 20.2 Å². The maximum Gasteiger partial charge on any atom is 0.352 e. The molecule has 4 N–H and O–H groups in total. The van der Waals surface area contributed by atoms with Crippen molar-refractivity contribution in [1.29, 1.82) is 0 Å². The minimum absolute atomic E-state index is 0.0408. The Morgan fingerprint density at radius 1 is 1.46 bits per heavy atom. The summed E-state index contributed by atoms with van der Waals surface area (Å²) in [7, 11) is 5.20. The molecule has 0 aliphatic carbocycles. The van der Waals surface area contributed by atoms with Gasteiger partial charge in [-0.15, -0.1) is 11.8 Å². The number of amides is 2. The van der Waals surface area contributed by atoms with Gasteiger partial charge in [-0.1, -0.05) is 16.4 Å². The summed E-state index contributed by atoms with van der Waals surface area (Å²) in [6.45, 7) is 1.08. The van der Waals surface area contributed by atoms with Crippen LogP contribution in [0.5, 0.6) is 0 Å². The molecule has 1 saturated heterocycles. The highest BCUT2D eigenvalue weighted by Gasteiger charge is 2.54. The number of aliphatic carboxylic acids is 1. The van der Waals surface area contributed by atoms with Crippen molar-refractivity contribution in [2.75, 3.05) is 39.2 Å². The first-order valence-corrected chi connectivity index (χ1v) is 12.6. The fourth-order valence-corrected chi connectivity index (χ4v) is 5.53. The van der Waals surface area contributed by atoms with Crippen molar-refractivity contribution in [3.05, 3.63) is 41.5 Å². The number of allylic oxidation sites excluding steroid dienone is 1. The Labute approximate surface area is 218 Å². The SMILES string of the molecule is CO/N=C(\C(=O)N[C@@H]1C(=O)N2C(C(=O)O)=C(/C=C/C[N+](C)(C)Cc3ncon3)CS[C@@H]12)c1nsc(N)n1. The second kappa shape index (κ2) is 10.7. The zero-order chi connectivity index (χ0) is 26.7. The Morgan fingerprint density at radius 3 is 2.86 bits per heavy atom. The molecule has 1 fully saturated rings. The van der Waals surface area contributed by atoms with E-state index in [-0.39, 0.29) is 22.4 Å². The number of β-lactam (4-membered cyclic amide) rings is 1. The van der Waals surface area contributed by atoms with Gasteiger partial charge in [-0.25, -0.2) is 4.79 Å². The summed E-state index contributed by atoms with van der Waals surface area (Å²) in [5.41, 5.74) is 5.72. The summed E-state index contributed by atoms with van der Waals surface area (Å²) >= 11 is 2.22. The Hall–Kier alpha value is -3.83. The van der Waals surface area contributed by atoms with E-state index in [4.69, 9.17) is 15.1 Å². The van der Waals surface area contributed by atoms with E-state index < -0.39 is 29.2 Å². The first-order chi connectivity index (χ1) is 17.6. The number of hydrogen-bond acceptors (Lipinski definition) is 13. The molecule has 17 heteroatoms. The van der Waals surface area contributed by atoms with Crippen LogP contribution in [-0.4, -0.2) is 102 Å². The quantitative estimate of drug-likeness (QED) is 0.147. The number of nitrogens with zero attached hydrogens (tertiary/aromatic N) is 7. The van der Waals surface area contributed by atoms with E-state index in [0.29, 0.717) is 34.7 Å². The molecule has 2 aromatic heterocycles. The van der Waals surface area contributed by atoms with Crippen molar-refractivity contribution in [1.82, 2.24) is 29.7 Å². The molecule has 2 amide bonds. The van der Waals surface area contributed by atoms with Crippen molar-refractivity contribution in [2.45, 2.75) is 18.0 Å². The van der Waals surface area contributed by atoms with Crippen LogP contribution in [-0.2, 0) is 25.8 Å². The van der Waals surface area contributed by atoms with Gasteiger partial charge in [-0.05, 0) is 11.6 Å². The van der Waals surface area contributed by atoms with Crippen LogP contribution in [0.25, 0.3) is 0 Å². The summed E-state index contributed by atoms with van der Waals surface area (Å²) in [4.78, 5) is 51.7. The molecular weight excluding hydrogens is 526 g/mol.